The molecule has 0 aromatic heterocycles. The summed E-state index contributed by atoms with van der Waals surface area (Å²) >= 11 is 0. The molecule has 1 aromatic carbocycles. The second-order valence-electron chi connectivity index (χ2n) is 6.27. The minimum Gasteiger partial charge on any atom is -0.375 e. The fourth-order valence-corrected chi connectivity index (χ4v) is 2.66. The van der Waals surface area contributed by atoms with Gasteiger partial charge in [-0.1, -0.05) is 44.2 Å². The number of carbonyl (C=O) groups excluding carboxylic acids is 1. The molecule has 2 rings (SSSR count). The summed E-state index contributed by atoms with van der Waals surface area (Å²) in [5.74, 6) is 0.254. The molecule has 1 saturated heterocycles. The van der Waals surface area contributed by atoms with Crippen molar-refractivity contribution in [1.29, 1.82) is 0 Å². The van der Waals surface area contributed by atoms with Crippen molar-refractivity contribution in [2.24, 2.45) is 0 Å². The Hall–Kier alpha value is -1.35. The van der Waals surface area contributed by atoms with Crippen molar-refractivity contribution in [2.45, 2.75) is 45.1 Å². The summed E-state index contributed by atoms with van der Waals surface area (Å²) in [4.78, 5) is 14.2. The number of morpholine rings is 1. The van der Waals surface area contributed by atoms with Gasteiger partial charge in [0.05, 0.1) is 12.7 Å². The van der Waals surface area contributed by atoms with E-state index in [1.54, 1.807) is 0 Å². The second-order valence-corrected chi connectivity index (χ2v) is 6.27. The summed E-state index contributed by atoms with van der Waals surface area (Å²) in [6.45, 7) is 8.55. The Kier molecular flexibility index (Phi) is 4.81. The van der Waals surface area contributed by atoms with Gasteiger partial charge in [-0.2, -0.15) is 0 Å². The third-order valence-corrected chi connectivity index (χ3v) is 4.11. The molecule has 0 bridgehead atoms. The van der Waals surface area contributed by atoms with Crippen molar-refractivity contribution in [3.63, 3.8) is 0 Å². The summed E-state index contributed by atoms with van der Waals surface area (Å²) in [5, 5.41) is 0. The molecule has 1 aliphatic heterocycles. The van der Waals surface area contributed by atoms with Crippen LogP contribution in [0.2, 0.25) is 0 Å². The Morgan fingerprint density at radius 3 is 2.70 bits per heavy atom. The van der Waals surface area contributed by atoms with Gasteiger partial charge in [0.1, 0.15) is 0 Å². The summed E-state index contributed by atoms with van der Waals surface area (Å²) in [7, 11) is 0. The van der Waals surface area contributed by atoms with E-state index in [0.717, 1.165) is 19.5 Å². The molecular formula is C17H25NO2. The largest absolute Gasteiger partial charge is 0.375 e. The van der Waals surface area contributed by atoms with E-state index < -0.39 is 0 Å². The van der Waals surface area contributed by atoms with Gasteiger partial charge in [0.15, 0.2) is 0 Å². The Morgan fingerprint density at radius 1 is 1.35 bits per heavy atom. The fourth-order valence-electron chi connectivity index (χ4n) is 2.66. The van der Waals surface area contributed by atoms with Crippen molar-refractivity contribution in [1.82, 2.24) is 4.90 Å². The monoisotopic (exact) mass is 275 g/mol. The Labute approximate surface area is 121 Å². The molecule has 0 saturated carbocycles. The lowest BCUT2D eigenvalue weighted by atomic mass is 9.80. The van der Waals surface area contributed by atoms with Crippen LogP contribution in [0.1, 0.15) is 39.2 Å². The SMILES string of the molecule is CC1CN(C(=O)CCC(C)(C)c2ccccc2)CCO1. The van der Waals surface area contributed by atoms with Crippen LogP contribution in [0.4, 0.5) is 0 Å². The van der Waals surface area contributed by atoms with E-state index in [4.69, 9.17) is 4.74 Å². The molecule has 0 radical (unpaired) electrons. The molecule has 0 N–H and O–H groups in total. The average molecular weight is 275 g/mol. The van der Waals surface area contributed by atoms with Gasteiger partial charge in [-0.3, -0.25) is 4.79 Å². The predicted octanol–water partition coefficient (Wildman–Crippen LogP) is 2.99. The maximum absolute atomic E-state index is 12.3. The van der Waals surface area contributed by atoms with Crippen LogP contribution in [0.5, 0.6) is 0 Å². The highest BCUT2D eigenvalue weighted by Crippen LogP contribution is 2.28. The van der Waals surface area contributed by atoms with Gasteiger partial charge in [-0.05, 0) is 24.3 Å². The number of rotatable bonds is 4. The number of carbonyl (C=O) groups is 1. The highest BCUT2D eigenvalue weighted by molar-refractivity contribution is 5.76. The molecule has 0 spiro atoms. The minimum absolute atomic E-state index is 0.0365. The summed E-state index contributed by atoms with van der Waals surface area (Å²) in [6, 6.07) is 10.4. The fraction of sp³-hybridized carbons (Fsp3) is 0.588. The lowest BCUT2D eigenvalue weighted by Crippen LogP contribution is -2.44. The van der Waals surface area contributed by atoms with Gasteiger partial charge in [0.2, 0.25) is 5.91 Å². The van der Waals surface area contributed by atoms with Crippen LogP contribution in [-0.4, -0.2) is 36.6 Å². The van der Waals surface area contributed by atoms with Crippen molar-refractivity contribution in [2.75, 3.05) is 19.7 Å². The smallest absolute Gasteiger partial charge is 0.222 e. The standard InChI is InChI=1S/C17H25NO2/c1-14-13-18(11-12-20-14)16(19)9-10-17(2,3)15-7-5-4-6-8-15/h4-8,14H,9-13H2,1-3H3. The molecule has 1 heterocycles. The first kappa shape index (κ1) is 15.0. The Morgan fingerprint density at radius 2 is 2.05 bits per heavy atom. The van der Waals surface area contributed by atoms with Crippen molar-refractivity contribution in [3.05, 3.63) is 35.9 Å². The maximum atomic E-state index is 12.3. The van der Waals surface area contributed by atoms with Crippen molar-refractivity contribution < 1.29 is 9.53 Å². The quantitative estimate of drug-likeness (QED) is 0.845. The molecule has 1 atom stereocenters. The molecular weight excluding hydrogens is 250 g/mol. The molecule has 20 heavy (non-hydrogen) atoms. The van der Waals surface area contributed by atoms with Crippen LogP contribution in [0.25, 0.3) is 0 Å². The van der Waals surface area contributed by atoms with Gasteiger partial charge in [0.25, 0.3) is 0 Å². The van der Waals surface area contributed by atoms with E-state index in [1.165, 1.54) is 5.56 Å². The van der Waals surface area contributed by atoms with Crippen molar-refractivity contribution in [3.8, 4) is 0 Å². The lowest BCUT2D eigenvalue weighted by Gasteiger charge is -2.32. The first-order valence-corrected chi connectivity index (χ1v) is 7.44. The zero-order chi connectivity index (χ0) is 14.6. The number of hydrogen-bond acceptors (Lipinski definition) is 2. The molecule has 1 aliphatic rings. The number of nitrogens with zero attached hydrogens (tertiary/aromatic N) is 1. The molecule has 0 aliphatic carbocycles. The zero-order valence-electron chi connectivity index (χ0n) is 12.8. The van der Waals surface area contributed by atoms with Crippen LogP contribution < -0.4 is 0 Å². The summed E-state index contributed by atoms with van der Waals surface area (Å²) < 4.78 is 5.48. The Balaban J connectivity index is 1.89. The van der Waals surface area contributed by atoms with Crippen LogP contribution in [0.15, 0.2) is 30.3 Å². The van der Waals surface area contributed by atoms with E-state index in [1.807, 2.05) is 17.9 Å². The third kappa shape index (κ3) is 3.83. The maximum Gasteiger partial charge on any atom is 0.222 e. The summed E-state index contributed by atoms with van der Waals surface area (Å²) in [5.41, 5.74) is 1.33. The van der Waals surface area contributed by atoms with Gasteiger partial charge in [-0.15, -0.1) is 0 Å². The van der Waals surface area contributed by atoms with Gasteiger partial charge < -0.3 is 9.64 Å². The molecule has 3 heteroatoms. The van der Waals surface area contributed by atoms with Crippen LogP contribution in [-0.2, 0) is 14.9 Å². The van der Waals surface area contributed by atoms with Gasteiger partial charge in [0, 0.05) is 19.5 Å². The number of ether oxygens (including phenoxy) is 1. The second kappa shape index (κ2) is 6.40. The topological polar surface area (TPSA) is 29.5 Å². The molecule has 1 fully saturated rings. The Bertz CT molecular complexity index is 442. The lowest BCUT2D eigenvalue weighted by molar-refractivity contribution is -0.138. The van der Waals surface area contributed by atoms with Gasteiger partial charge >= 0.3 is 0 Å². The van der Waals surface area contributed by atoms with E-state index in [0.29, 0.717) is 13.0 Å². The van der Waals surface area contributed by atoms with E-state index in [2.05, 4.69) is 38.1 Å². The van der Waals surface area contributed by atoms with E-state index in [9.17, 15) is 4.79 Å². The molecule has 110 valence electrons. The molecule has 1 unspecified atom stereocenters. The van der Waals surface area contributed by atoms with Crippen molar-refractivity contribution >= 4 is 5.91 Å². The van der Waals surface area contributed by atoms with E-state index >= 15 is 0 Å². The first-order chi connectivity index (χ1) is 9.49. The molecule has 3 nitrogen and oxygen atoms in total. The molecule has 1 amide bonds. The number of amides is 1. The zero-order valence-corrected chi connectivity index (χ0v) is 12.8. The van der Waals surface area contributed by atoms with E-state index in [-0.39, 0.29) is 17.4 Å². The number of benzene rings is 1. The average Bonchev–Trinajstić information content (AvgIpc) is 2.46. The predicted molar refractivity (Wildman–Crippen MR) is 80.7 cm³/mol. The minimum atomic E-state index is 0.0365. The van der Waals surface area contributed by atoms with Crippen LogP contribution in [0, 0.1) is 0 Å². The summed E-state index contributed by atoms with van der Waals surface area (Å²) in [6.07, 6.45) is 1.64. The van der Waals surface area contributed by atoms with Crippen LogP contribution in [0.3, 0.4) is 0 Å². The first-order valence-electron chi connectivity index (χ1n) is 7.44. The third-order valence-electron chi connectivity index (χ3n) is 4.11. The highest BCUT2D eigenvalue weighted by Gasteiger charge is 2.25. The van der Waals surface area contributed by atoms with Gasteiger partial charge in [-0.25, -0.2) is 0 Å². The number of hydrogen-bond donors (Lipinski definition) is 0. The van der Waals surface area contributed by atoms with Crippen LogP contribution >= 0.6 is 0 Å². The molecule has 1 aromatic rings. The highest BCUT2D eigenvalue weighted by atomic mass is 16.5. The normalized spacial score (nSPS) is 19.9.